The van der Waals surface area contributed by atoms with Crippen molar-refractivity contribution in [2.75, 3.05) is 36.4 Å². The van der Waals surface area contributed by atoms with E-state index >= 15 is 0 Å². The largest absolute Gasteiger partial charge is 0.355 e. The molecule has 7 heteroatoms. The lowest BCUT2D eigenvalue weighted by Crippen LogP contribution is -2.45. The van der Waals surface area contributed by atoms with E-state index in [9.17, 15) is 4.79 Å². The number of thiophene rings is 1. The van der Waals surface area contributed by atoms with E-state index in [1.165, 1.54) is 23.3 Å². The number of amides is 2. The summed E-state index contributed by atoms with van der Waals surface area (Å²) in [6.45, 7) is 6.85. The van der Waals surface area contributed by atoms with E-state index in [-0.39, 0.29) is 6.03 Å². The van der Waals surface area contributed by atoms with E-state index in [0.29, 0.717) is 12.6 Å². The Morgan fingerprint density at radius 2 is 2.15 bits per heavy atom. The molecule has 2 aliphatic rings. The molecule has 1 atom stereocenters. The van der Waals surface area contributed by atoms with Crippen molar-refractivity contribution >= 4 is 28.9 Å². The predicted molar refractivity (Wildman–Crippen MR) is 111 cm³/mol. The second kappa shape index (κ2) is 8.27. The van der Waals surface area contributed by atoms with Gasteiger partial charge in [0.15, 0.2) is 5.82 Å². The average Bonchev–Trinajstić information content (AvgIpc) is 3.37. The zero-order valence-electron chi connectivity index (χ0n) is 15.8. The molecule has 1 saturated heterocycles. The maximum Gasteiger partial charge on any atom is 0.319 e. The summed E-state index contributed by atoms with van der Waals surface area (Å²) in [6.07, 6.45) is 5.26. The van der Waals surface area contributed by atoms with Gasteiger partial charge in [0, 0.05) is 49.8 Å². The van der Waals surface area contributed by atoms with Gasteiger partial charge in [0.25, 0.3) is 0 Å². The maximum atomic E-state index is 12.4. The van der Waals surface area contributed by atoms with Crippen molar-refractivity contribution in [3.05, 3.63) is 40.2 Å². The fourth-order valence-corrected chi connectivity index (χ4v) is 4.75. The van der Waals surface area contributed by atoms with Crippen molar-refractivity contribution in [1.29, 1.82) is 0 Å². The Bertz CT molecular complexity index is 786. The van der Waals surface area contributed by atoms with Crippen LogP contribution in [0.3, 0.4) is 0 Å². The molecule has 144 valence electrons. The first-order chi connectivity index (χ1) is 13.2. The Kier molecular flexibility index (Phi) is 5.59. The molecule has 1 fully saturated rings. The van der Waals surface area contributed by atoms with E-state index in [2.05, 4.69) is 43.8 Å². The molecule has 2 aliphatic heterocycles. The minimum absolute atomic E-state index is 0.163. The topological polar surface area (TPSA) is 60.5 Å². The lowest BCUT2D eigenvalue weighted by atomic mass is 10.1. The highest BCUT2D eigenvalue weighted by Gasteiger charge is 2.22. The number of pyridine rings is 1. The minimum Gasteiger partial charge on any atom is -0.355 e. The maximum absolute atomic E-state index is 12.4. The summed E-state index contributed by atoms with van der Waals surface area (Å²) >= 11 is 1.85. The number of anilines is 2. The van der Waals surface area contributed by atoms with E-state index < -0.39 is 0 Å². The van der Waals surface area contributed by atoms with Gasteiger partial charge in [-0.1, -0.05) is 0 Å². The van der Waals surface area contributed by atoms with Gasteiger partial charge in [0.2, 0.25) is 0 Å². The second-order valence-electron chi connectivity index (χ2n) is 7.34. The molecular formula is C20H27N5OS. The van der Waals surface area contributed by atoms with Gasteiger partial charge in [-0.3, -0.25) is 4.90 Å². The van der Waals surface area contributed by atoms with Crippen LogP contribution in [-0.4, -0.2) is 48.1 Å². The molecule has 2 aromatic rings. The van der Waals surface area contributed by atoms with Crippen LogP contribution in [0.5, 0.6) is 0 Å². The summed E-state index contributed by atoms with van der Waals surface area (Å²) in [5, 5.41) is 8.19. The van der Waals surface area contributed by atoms with Crippen LogP contribution in [0.1, 0.15) is 30.2 Å². The Hall–Kier alpha value is -2.12. The third-order valence-electron chi connectivity index (χ3n) is 5.46. The number of aromatic nitrogens is 1. The monoisotopic (exact) mass is 385 g/mol. The Morgan fingerprint density at radius 3 is 3.00 bits per heavy atom. The fraction of sp³-hybridized carbons (Fsp3) is 0.500. The van der Waals surface area contributed by atoms with Crippen LogP contribution in [0.25, 0.3) is 0 Å². The highest BCUT2D eigenvalue weighted by Crippen LogP contribution is 2.26. The van der Waals surface area contributed by atoms with E-state index in [0.717, 1.165) is 44.1 Å². The Morgan fingerprint density at radius 1 is 1.30 bits per heavy atom. The van der Waals surface area contributed by atoms with Crippen LogP contribution < -0.4 is 15.5 Å². The first kappa shape index (κ1) is 18.3. The lowest BCUT2D eigenvalue weighted by Gasteiger charge is -2.32. The van der Waals surface area contributed by atoms with Crippen molar-refractivity contribution in [2.24, 2.45) is 0 Å². The van der Waals surface area contributed by atoms with Gasteiger partial charge in [-0.25, -0.2) is 9.78 Å². The summed E-state index contributed by atoms with van der Waals surface area (Å²) in [7, 11) is 0. The molecule has 6 nitrogen and oxygen atoms in total. The first-order valence-electron chi connectivity index (χ1n) is 9.75. The Labute approximate surface area is 164 Å². The third kappa shape index (κ3) is 4.25. The minimum atomic E-state index is -0.163. The van der Waals surface area contributed by atoms with Crippen molar-refractivity contribution in [3.63, 3.8) is 0 Å². The standard InChI is InChI=1S/C20H27N5OS/c1-15(25-11-6-18-16(14-25)7-12-27-18)13-22-20(26)23-17-5-4-8-21-19(17)24-9-2-3-10-24/h4-5,7-8,12,15H,2-3,6,9-11,13-14H2,1H3,(H2,22,23,26). The van der Waals surface area contributed by atoms with Gasteiger partial charge in [0.05, 0.1) is 5.69 Å². The zero-order chi connectivity index (χ0) is 18.6. The van der Waals surface area contributed by atoms with Crippen molar-refractivity contribution in [1.82, 2.24) is 15.2 Å². The number of rotatable bonds is 5. The molecule has 0 spiro atoms. The average molecular weight is 386 g/mol. The van der Waals surface area contributed by atoms with Crippen LogP contribution in [0.15, 0.2) is 29.8 Å². The smallest absolute Gasteiger partial charge is 0.319 e. The van der Waals surface area contributed by atoms with Gasteiger partial charge in [-0.15, -0.1) is 11.3 Å². The van der Waals surface area contributed by atoms with Crippen LogP contribution in [0.4, 0.5) is 16.3 Å². The molecule has 0 aliphatic carbocycles. The highest BCUT2D eigenvalue weighted by atomic mass is 32.1. The normalized spacial score (nSPS) is 18.2. The van der Waals surface area contributed by atoms with Crippen molar-refractivity contribution < 1.29 is 4.79 Å². The molecule has 2 aromatic heterocycles. The van der Waals surface area contributed by atoms with Crippen molar-refractivity contribution in [3.8, 4) is 0 Å². The van der Waals surface area contributed by atoms with Crippen LogP contribution in [-0.2, 0) is 13.0 Å². The summed E-state index contributed by atoms with van der Waals surface area (Å²) < 4.78 is 0. The van der Waals surface area contributed by atoms with Gasteiger partial charge >= 0.3 is 6.03 Å². The van der Waals surface area contributed by atoms with Crippen molar-refractivity contribution in [2.45, 2.75) is 38.8 Å². The van der Waals surface area contributed by atoms with E-state index in [4.69, 9.17) is 0 Å². The predicted octanol–water partition coefficient (Wildman–Crippen LogP) is 3.31. The van der Waals surface area contributed by atoms with E-state index in [1.807, 2.05) is 23.5 Å². The number of carbonyl (C=O) groups excluding carboxylic acids is 1. The zero-order valence-corrected chi connectivity index (χ0v) is 16.6. The number of carbonyl (C=O) groups is 1. The summed E-state index contributed by atoms with van der Waals surface area (Å²) in [4.78, 5) is 23.1. The summed E-state index contributed by atoms with van der Waals surface area (Å²) in [6, 6.07) is 6.15. The number of nitrogens with one attached hydrogen (secondary N) is 2. The molecule has 4 rings (SSSR count). The van der Waals surface area contributed by atoms with E-state index in [1.54, 1.807) is 6.20 Å². The third-order valence-corrected chi connectivity index (χ3v) is 6.48. The highest BCUT2D eigenvalue weighted by molar-refractivity contribution is 7.10. The molecule has 0 aromatic carbocycles. The van der Waals surface area contributed by atoms with Gasteiger partial charge in [-0.05, 0) is 55.3 Å². The summed E-state index contributed by atoms with van der Waals surface area (Å²) in [5.74, 6) is 0.874. The molecule has 2 amide bonds. The molecule has 1 unspecified atom stereocenters. The molecule has 0 bridgehead atoms. The van der Waals surface area contributed by atoms with Gasteiger partial charge in [-0.2, -0.15) is 0 Å². The molecular weight excluding hydrogens is 358 g/mol. The molecule has 0 radical (unpaired) electrons. The Balaban J connectivity index is 1.30. The number of nitrogens with zero attached hydrogens (tertiary/aromatic N) is 3. The number of hydrogen-bond donors (Lipinski definition) is 2. The number of hydrogen-bond acceptors (Lipinski definition) is 5. The number of urea groups is 1. The molecule has 0 saturated carbocycles. The first-order valence-corrected chi connectivity index (χ1v) is 10.6. The quantitative estimate of drug-likeness (QED) is 0.829. The van der Waals surface area contributed by atoms with Gasteiger partial charge < -0.3 is 15.5 Å². The number of fused-ring (bicyclic) bond motifs is 1. The summed E-state index contributed by atoms with van der Waals surface area (Å²) in [5.41, 5.74) is 2.22. The van der Waals surface area contributed by atoms with Crippen LogP contribution in [0, 0.1) is 0 Å². The molecule has 2 N–H and O–H groups in total. The SMILES string of the molecule is CC(CNC(=O)Nc1cccnc1N1CCCC1)N1CCc2sccc2C1. The molecule has 4 heterocycles. The lowest BCUT2D eigenvalue weighted by molar-refractivity contribution is 0.188. The fourth-order valence-electron chi connectivity index (χ4n) is 3.86. The second-order valence-corrected chi connectivity index (χ2v) is 8.34. The molecule has 27 heavy (non-hydrogen) atoms. The van der Waals surface area contributed by atoms with Gasteiger partial charge in [0.1, 0.15) is 0 Å². The van der Waals surface area contributed by atoms with Crippen LogP contribution >= 0.6 is 11.3 Å². The van der Waals surface area contributed by atoms with Crippen LogP contribution in [0.2, 0.25) is 0 Å².